The van der Waals surface area contributed by atoms with E-state index in [9.17, 15) is 4.79 Å². The largest absolute Gasteiger partial charge is 0.382 e. The Morgan fingerprint density at radius 2 is 2.40 bits per heavy atom. The van der Waals surface area contributed by atoms with Crippen LogP contribution in [0.15, 0.2) is 23.9 Å². The maximum absolute atomic E-state index is 12.1. The van der Waals surface area contributed by atoms with Crippen LogP contribution in [0.5, 0.6) is 0 Å². The first kappa shape index (κ1) is 14.6. The maximum atomic E-state index is 12.1. The minimum atomic E-state index is -0.0953. The van der Waals surface area contributed by atoms with E-state index in [2.05, 4.69) is 16.5 Å². The summed E-state index contributed by atoms with van der Waals surface area (Å²) in [7, 11) is 1.66. The number of carbonyl (C=O) groups excluding carboxylic acids is 1. The van der Waals surface area contributed by atoms with Gasteiger partial charge in [0.1, 0.15) is 0 Å². The smallest absolute Gasteiger partial charge is 0.323 e. The number of aromatic nitrogens is 2. The monoisotopic (exact) mass is 278 g/mol. The molecule has 0 spiro atoms. The van der Waals surface area contributed by atoms with E-state index < -0.39 is 0 Å². The number of hydrogen-bond acceptors (Lipinski definition) is 3. The molecule has 0 bridgehead atoms. The van der Waals surface area contributed by atoms with Crippen molar-refractivity contribution in [3.63, 3.8) is 0 Å². The summed E-state index contributed by atoms with van der Waals surface area (Å²) in [5, 5.41) is 7.18. The molecule has 1 unspecified atom stereocenters. The van der Waals surface area contributed by atoms with Gasteiger partial charge in [0.15, 0.2) is 5.82 Å². The molecule has 6 heteroatoms. The average Bonchev–Trinajstić information content (AvgIpc) is 2.87. The minimum absolute atomic E-state index is 0.0953. The Bertz CT molecular complexity index is 495. The van der Waals surface area contributed by atoms with Crippen LogP contribution >= 0.6 is 0 Å². The van der Waals surface area contributed by atoms with Crippen LogP contribution in [0.2, 0.25) is 0 Å². The molecule has 20 heavy (non-hydrogen) atoms. The molecule has 1 atom stereocenters. The fourth-order valence-electron chi connectivity index (χ4n) is 2.24. The number of urea groups is 1. The fraction of sp³-hybridized carbons (Fsp3) is 0.571. The number of nitrogens with one attached hydrogen (secondary N) is 1. The van der Waals surface area contributed by atoms with Crippen molar-refractivity contribution < 1.29 is 9.53 Å². The topological polar surface area (TPSA) is 59.4 Å². The van der Waals surface area contributed by atoms with Crippen molar-refractivity contribution in [1.29, 1.82) is 0 Å². The standard InChI is InChI=1S/C14H22N4O2/c1-11-5-4-7-17(9-11)14(19)15-13-6-8-18(16-13)12(2)10-20-3/h5-6,8,12H,4,7,9-10H2,1-3H3,(H,15,16,19). The van der Waals surface area contributed by atoms with Gasteiger partial charge in [0, 0.05) is 32.5 Å². The second-order valence-electron chi connectivity index (χ2n) is 5.18. The van der Waals surface area contributed by atoms with Crippen molar-refractivity contribution in [2.75, 3.05) is 32.1 Å². The molecule has 2 amide bonds. The molecule has 1 aliphatic rings. The SMILES string of the molecule is COCC(C)n1ccc(NC(=O)N2CCC=C(C)C2)n1. The summed E-state index contributed by atoms with van der Waals surface area (Å²) in [4.78, 5) is 13.9. The molecule has 1 aliphatic heterocycles. The lowest BCUT2D eigenvalue weighted by molar-refractivity contribution is 0.157. The molecule has 1 N–H and O–H groups in total. The van der Waals surface area contributed by atoms with Gasteiger partial charge >= 0.3 is 6.03 Å². The Hall–Kier alpha value is -1.82. The number of hydrogen-bond donors (Lipinski definition) is 1. The zero-order chi connectivity index (χ0) is 14.5. The highest BCUT2D eigenvalue weighted by molar-refractivity contribution is 5.88. The summed E-state index contributed by atoms with van der Waals surface area (Å²) in [6, 6.07) is 1.85. The minimum Gasteiger partial charge on any atom is -0.382 e. The molecule has 0 radical (unpaired) electrons. The molecule has 1 aromatic heterocycles. The van der Waals surface area contributed by atoms with Crippen molar-refractivity contribution in [3.05, 3.63) is 23.9 Å². The van der Waals surface area contributed by atoms with Gasteiger partial charge in [-0.15, -0.1) is 0 Å². The van der Waals surface area contributed by atoms with Crippen molar-refractivity contribution in [3.8, 4) is 0 Å². The molecule has 6 nitrogen and oxygen atoms in total. The van der Waals surface area contributed by atoms with Crippen LogP contribution in [-0.2, 0) is 4.74 Å². The summed E-state index contributed by atoms with van der Waals surface area (Å²) in [5.74, 6) is 0.574. The van der Waals surface area contributed by atoms with Crippen molar-refractivity contribution in [2.45, 2.75) is 26.3 Å². The van der Waals surface area contributed by atoms with Crippen molar-refractivity contribution in [1.82, 2.24) is 14.7 Å². The van der Waals surface area contributed by atoms with Crippen molar-refractivity contribution >= 4 is 11.8 Å². The van der Waals surface area contributed by atoms with Crippen LogP contribution in [0.25, 0.3) is 0 Å². The number of anilines is 1. The molecule has 110 valence electrons. The second-order valence-corrected chi connectivity index (χ2v) is 5.18. The predicted octanol–water partition coefficient (Wildman–Crippen LogP) is 2.27. The first-order valence-corrected chi connectivity index (χ1v) is 6.86. The summed E-state index contributed by atoms with van der Waals surface area (Å²) < 4.78 is 6.88. The Morgan fingerprint density at radius 1 is 1.60 bits per heavy atom. The Labute approximate surface area is 119 Å². The van der Waals surface area contributed by atoms with Gasteiger partial charge < -0.3 is 9.64 Å². The predicted molar refractivity (Wildman–Crippen MR) is 77.8 cm³/mol. The number of rotatable bonds is 4. The zero-order valence-corrected chi connectivity index (χ0v) is 12.3. The first-order chi connectivity index (χ1) is 9.60. The van der Waals surface area contributed by atoms with Gasteiger partial charge in [-0.2, -0.15) is 5.10 Å². The lowest BCUT2D eigenvalue weighted by Crippen LogP contribution is -2.38. The van der Waals surface area contributed by atoms with E-state index in [0.717, 1.165) is 13.0 Å². The van der Waals surface area contributed by atoms with Gasteiger partial charge in [-0.25, -0.2) is 4.79 Å². The van der Waals surface area contributed by atoms with E-state index in [0.29, 0.717) is 19.0 Å². The summed E-state index contributed by atoms with van der Waals surface area (Å²) in [6.07, 6.45) is 4.93. The normalized spacial score (nSPS) is 16.8. The Kier molecular flexibility index (Phi) is 4.79. The summed E-state index contributed by atoms with van der Waals surface area (Å²) >= 11 is 0. The molecule has 0 saturated carbocycles. The summed E-state index contributed by atoms with van der Waals surface area (Å²) in [6.45, 7) is 6.09. The molecular weight excluding hydrogens is 256 g/mol. The van der Waals surface area contributed by atoms with Crippen LogP contribution in [0.1, 0.15) is 26.3 Å². The van der Waals surface area contributed by atoms with E-state index in [4.69, 9.17) is 4.74 Å². The maximum Gasteiger partial charge on any atom is 0.323 e. The first-order valence-electron chi connectivity index (χ1n) is 6.86. The fourth-order valence-corrected chi connectivity index (χ4v) is 2.24. The molecule has 0 saturated heterocycles. The van der Waals surface area contributed by atoms with Gasteiger partial charge in [0.05, 0.1) is 12.6 Å². The Balaban J connectivity index is 1.93. The second kappa shape index (κ2) is 6.56. The number of carbonyl (C=O) groups is 1. The van der Waals surface area contributed by atoms with Crippen LogP contribution in [-0.4, -0.2) is 47.5 Å². The molecule has 0 aliphatic carbocycles. The van der Waals surface area contributed by atoms with Crippen molar-refractivity contribution in [2.24, 2.45) is 0 Å². The highest BCUT2D eigenvalue weighted by atomic mass is 16.5. The van der Waals surface area contributed by atoms with Gasteiger partial charge in [-0.1, -0.05) is 11.6 Å². The van der Waals surface area contributed by atoms with Gasteiger partial charge in [0.25, 0.3) is 0 Å². The summed E-state index contributed by atoms with van der Waals surface area (Å²) in [5.41, 5.74) is 1.23. The number of ether oxygens (including phenoxy) is 1. The van der Waals surface area contributed by atoms with Crippen LogP contribution < -0.4 is 5.32 Å². The van der Waals surface area contributed by atoms with E-state index in [1.54, 1.807) is 22.8 Å². The van der Waals surface area contributed by atoms with Crippen LogP contribution in [0.4, 0.5) is 10.6 Å². The zero-order valence-electron chi connectivity index (χ0n) is 12.3. The quantitative estimate of drug-likeness (QED) is 0.860. The number of nitrogens with zero attached hydrogens (tertiary/aromatic N) is 3. The third kappa shape index (κ3) is 3.60. The van der Waals surface area contributed by atoms with E-state index in [1.807, 2.05) is 20.0 Å². The highest BCUT2D eigenvalue weighted by Gasteiger charge is 2.17. The average molecular weight is 278 g/mol. The van der Waals surface area contributed by atoms with Crippen LogP contribution in [0, 0.1) is 0 Å². The molecule has 2 rings (SSSR count). The third-order valence-electron chi connectivity index (χ3n) is 3.32. The third-order valence-corrected chi connectivity index (χ3v) is 3.32. The Morgan fingerprint density at radius 3 is 3.10 bits per heavy atom. The number of methoxy groups -OCH3 is 1. The highest BCUT2D eigenvalue weighted by Crippen LogP contribution is 2.13. The lowest BCUT2D eigenvalue weighted by atomic mass is 10.1. The molecular formula is C14H22N4O2. The van der Waals surface area contributed by atoms with E-state index in [-0.39, 0.29) is 12.1 Å². The van der Waals surface area contributed by atoms with Gasteiger partial charge in [-0.05, 0) is 20.3 Å². The van der Waals surface area contributed by atoms with E-state index in [1.165, 1.54) is 5.57 Å². The number of amides is 2. The lowest BCUT2D eigenvalue weighted by Gasteiger charge is -2.25. The van der Waals surface area contributed by atoms with E-state index >= 15 is 0 Å². The van der Waals surface area contributed by atoms with Gasteiger partial charge in [-0.3, -0.25) is 10.00 Å². The molecule has 0 aromatic carbocycles. The molecule has 0 fully saturated rings. The molecule has 1 aromatic rings. The van der Waals surface area contributed by atoms with Crippen LogP contribution in [0.3, 0.4) is 0 Å². The molecule has 2 heterocycles. The van der Waals surface area contributed by atoms with Gasteiger partial charge in [0.2, 0.25) is 0 Å².